The van der Waals surface area contributed by atoms with Crippen LogP contribution in [0.5, 0.6) is 0 Å². The van der Waals surface area contributed by atoms with E-state index in [0.29, 0.717) is 16.6 Å². The van der Waals surface area contributed by atoms with Crippen LogP contribution in [0.4, 0.5) is 5.69 Å². The molecule has 0 aliphatic heterocycles. The van der Waals surface area contributed by atoms with Crippen molar-refractivity contribution in [3.63, 3.8) is 0 Å². The summed E-state index contributed by atoms with van der Waals surface area (Å²) in [6.07, 6.45) is 0. The molecule has 0 saturated carbocycles. The predicted octanol–water partition coefficient (Wildman–Crippen LogP) is 5.32. The van der Waals surface area contributed by atoms with Gasteiger partial charge in [0.2, 0.25) is 11.8 Å². The number of fused-ring (bicyclic) bond motifs is 1. The Morgan fingerprint density at radius 3 is 2.63 bits per heavy atom. The van der Waals surface area contributed by atoms with Gasteiger partial charge in [0.05, 0.1) is 10.7 Å². The molecule has 0 fully saturated rings. The molecule has 1 heterocycles. The molecule has 2 aromatic carbocycles. The van der Waals surface area contributed by atoms with Crippen molar-refractivity contribution in [1.29, 1.82) is 0 Å². The molecule has 0 saturated heterocycles. The molecule has 0 aliphatic carbocycles. The second-order valence-electron chi connectivity index (χ2n) is 7.34. The van der Waals surface area contributed by atoms with Crippen molar-refractivity contribution in [1.82, 2.24) is 10.3 Å². The summed E-state index contributed by atoms with van der Waals surface area (Å²) < 4.78 is 5.86. The van der Waals surface area contributed by atoms with Crippen molar-refractivity contribution in [3.8, 4) is 11.5 Å². The van der Waals surface area contributed by atoms with Gasteiger partial charge in [-0.1, -0.05) is 38.4 Å². The average molecular weight is 402 g/mol. The van der Waals surface area contributed by atoms with Gasteiger partial charge in [-0.3, -0.25) is 4.79 Å². The molecule has 2 N–H and O–H groups in total. The van der Waals surface area contributed by atoms with Crippen LogP contribution < -0.4 is 10.6 Å². The summed E-state index contributed by atoms with van der Waals surface area (Å²) in [4.78, 5) is 16.6. The second kappa shape index (κ2) is 7.29. The number of aryl methyl sites for hydroxylation is 1. The zero-order valence-corrected chi connectivity index (χ0v) is 17.1. The van der Waals surface area contributed by atoms with Gasteiger partial charge in [-0.25, -0.2) is 4.98 Å². The van der Waals surface area contributed by atoms with E-state index in [1.807, 2.05) is 52.0 Å². The highest BCUT2D eigenvalue weighted by molar-refractivity contribution is 7.80. The van der Waals surface area contributed by atoms with Crippen molar-refractivity contribution in [2.45, 2.75) is 27.7 Å². The van der Waals surface area contributed by atoms with Crippen LogP contribution in [-0.4, -0.2) is 16.0 Å². The number of nitrogens with zero attached hydrogens (tertiary/aromatic N) is 1. The van der Waals surface area contributed by atoms with Crippen molar-refractivity contribution >= 4 is 51.6 Å². The molecule has 0 radical (unpaired) electrons. The number of hydrogen-bond donors (Lipinski definition) is 2. The van der Waals surface area contributed by atoms with E-state index in [-0.39, 0.29) is 11.0 Å². The fourth-order valence-corrected chi connectivity index (χ4v) is 2.72. The number of thiocarbonyl (C=S) groups is 1. The molecular weight excluding hydrogens is 382 g/mol. The Morgan fingerprint density at radius 2 is 1.93 bits per heavy atom. The first kappa shape index (κ1) is 19.3. The molecule has 27 heavy (non-hydrogen) atoms. The summed E-state index contributed by atoms with van der Waals surface area (Å²) in [6.45, 7) is 7.44. The standard InChI is InChI=1S/C20H20ClN3O2S/c1-11-5-8-14-16(9-11)26-17(22-14)12-6-7-13(21)15(10-12)23-19(27)24-18(25)20(2,3)4/h5-10H,1-4H3,(H2,23,24,25,27). The molecule has 0 aliphatic rings. The largest absolute Gasteiger partial charge is 0.436 e. The van der Waals surface area contributed by atoms with Crippen LogP contribution in [-0.2, 0) is 4.79 Å². The summed E-state index contributed by atoms with van der Waals surface area (Å²) in [7, 11) is 0. The lowest BCUT2D eigenvalue weighted by Crippen LogP contribution is -2.41. The van der Waals surface area contributed by atoms with Crippen LogP contribution in [0.15, 0.2) is 40.8 Å². The Kier molecular flexibility index (Phi) is 5.22. The lowest BCUT2D eigenvalue weighted by atomic mass is 9.96. The summed E-state index contributed by atoms with van der Waals surface area (Å²) in [5.41, 5.74) is 3.37. The second-order valence-corrected chi connectivity index (χ2v) is 8.16. The van der Waals surface area contributed by atoms with Crippen molar-refractivity contribution in [2.75, 3.05) is 5.32 Å². The number of aromatic nitrogens is 1. The zero-order valence-electron chi connectivity index (χ0n) is 15.5. The maximum atomic E-state index is 12.1. The first-order valence-electron chi connectivity index (χ1n) is 8.43. The third kappa shape index (κ3) is 4.46. The Morgan fingerprint density at radius 1 is 1.19 bits per heavy atom. The lowest BCUT2D eigenvalue weighted by Gasteiger charge is -2.19. The Hall–Kier alpha value is -2.44. The van der Waals surface area contributed by atoms with E-state index in [9.17, 15) is 4.79 Å². The first-order chi connectivity index (χ1) is 12.6. The number of rotatable bonds is 2. The molecule has 1 amide bonds. The quantitative estimate of drug-likeness (QED) is 0.569. The minimum Gasteiger partial charge on any atom is -0.436 e. The van der Waals surface area contributed by atoms with Crippen molar-refractivity contribution in [3.05, 3.63) is 47.0 Å². The van der Waals surface area contributed by atoms with Gasteiger partial charge >= 0.3 is 0 Å². The van der Waals surface area contributed by atoms with Gasteiger partial charge in [-0.2, -0.15) is 0 Å². The molecule has 3 rings (SSSR count). The number of carbonyl (C=O) groups is 1. The number of carbonyl (C=O) groups excluding carboxylic acids is 1. The van der Waals surface area contributed by atoms with Crippen LogP contribution in [0, 0.1) is 12.3 Å². The van der Waals surface area contributed by atoms with Crippen LogP contribution in [0.25, 0.3) is 22.6 Å². The number of nitrogens with one attached hydrogen (secondary N) is 2. The highest BCUT2D eigenvalue weighted by atomic mass is 35.5. The van der Waals surface area contributed by atoms with E-state index >= 15 is 0 Å². The average Bonchev–Trinajstić information content (AvgIpc) is 2.99. The summed E-state index contributed by atoms with van der Waals surface area (Å²) in [6, 6.07) is 11.2. The molecule has 5 nitrogen and oxygen atoms in total. The van der Waals surface area contributed by atoms with Gasteiger partial charge in [0.15, 0.2) is 10.7 Å². The molecule has 3 aromatic rings. The van der Waals surface area contributed by atoms with Crippen molar-refractivity contribution < 1.29 is 9.21 Å². The SMILES string of the molecule is Cc1ccc2nc(-c3ccc(Cl)c(NC(=S)NC(=O)C(C)(C)C)c3)oc2c1. The molecular formula is C20H20ClN3O2S. The van der Waals surface area contributed by atoms with Gasteiger partial charge in [0.1, 0.15) is 5.52 Å². The molecule has 7 heteroatoms. The number of halogens is 1. The molecule has 1 aromatic heterocycles. The van der Waals surface area contributed by atoms with Crippen LogP contribution in [0.3, 0.4) is 0 Å². The molecule has 0 atom stereocenters. The Labute approximate surface area is 168 Å². The van der Waals surface area contributed by atoms with Gasteiger partial charge in [-0.15, -0.1) is 0 Å². The highest BCUT2D eigenvalue weighted by Crippen LogP contribution is 2.30. The predicted molar refractivity (Wildman–Crippen MR) is 113 cm³/mol. The number of oxazole rings is 1. The molecule has 0 unspecified atom stereocenters. The maximum Gasteiger partial charge on any atom is 0.231 e. The fraction of sp³-hybridized carbons (Fsp3) is 0.250. The van der Waals surface area contributed by atoms with E-state index in [2.05, 4.69) is 15.6 Å². The van der Waals surface area contributed by atoms with Gasteiger partial charge < -0.3 is 15.1 Å². The van der Waals surface area contributed by atoms with Gasteiger partial charge in [0, 0.05) is 11.0 Å². The Balaban J connectivity index is 1.85. The third-order valence-electron chi connectivity index (χ3n) is 3.91. The van der Waals surface area contributed by atoms with Gasteiger partial charge in [0.25, 0.3) is 0 Å². The van der Waals surface area contributed by atoms with E-state index in [0.717, 1.165) is 22.2 Å². The van der Waals surface area contributed by atoms with Crippen LogP contribution in [0.2, 0.25) is 5.02 Å². The number of hydrogen-bond acceptors (Lipinski definition) is 4. The normalized spacial score (nSPS) is 11.4. The number of anilines is 1. The summed E-state index contributed by atoms with van der Waals surface area (Å²) in [5.74, 6) is 0.307. The monoisotopic (exact) mass is 401 g/mol. The van der Waals surface area contributed by atoms with E-state index < -0.39 is 5.41 Å². The molecule has 0 spiro atoms. The van der Waals surface area contributed by atoms with E-state index in [1.54, 1.807) is 12.1 Å². The Bertz CT molecular complexity index is 1040. The topological polar surface area (TPSA) is 67.2 Å². The van der Waals surface area contributed by atoms with Gasteiger partial charge in [-0.05, 0) is 55.0 Å². The first-order valence-corrected chi connectivity index (χ1v) is 9.21. The third-order valence-corrected chi connectivity index (χ3v) is 4.45. The summed E-state index contributed by atoms with van der Waals surface area (Å²) in [5, 5.41) is 6.28. The number of benzene rings is 2. The van der Waals surface area contributed by atoms with Crippen molar-refractivity contribution in [2.24, 2.45) is 5.41 Å². The molecule has 140 valence electrons. The lowest BCUT2D eigenvalue weighted by molar-refractivity contribution is -0.126. The van der Waals surface area contributed by atoms with E-state index in [1.165, 1.54) is 0 Å². The van der Waals surface area contributed by atoms with E-state index in [4.69, 9.17) is 28.2 Å². The highest BCUT2D eigenvalue weighted by Gasteiger charge is 2.22. The fourth-order valence-electron chi connectivity index (χ4n) is 2.35. The van der Waals surface area contributed by atoms with Crippen LogP contribution >= 0.6 is 23.8 Å². The smallest absolute Gasteiger partial charge is 0.231 e. The minimum absolute atomic E-state index is 0.179. The van der Waals surface area contributed by atoms with Crippen LogP contribution in [0.1, 0.15) is 26.3 Å². The minimum atomic E-state index is -0.548. The summed E-state index contributed by atoms with van der Waals surface area (Å²) >= 11 is 11.5. The molecule has 0 bridgehead atoms. The number of amides is 1. The maximum absolute atomic E-state index is 12.1. The zero-order chi connectivity index (χ0) is 19.8.